The Labute approximate surface area is 127 Å². The Morgan fingerprint density at radius 1 is 1.33 bits per heavy atom. The second-order valence-electron chi connectivity index (χ2n) is 5.94. The largest absolute Gasteiger partial charge is 0.373 e. The van der Waals surface area contributed by atoms with Crippen LogP contribution in [0.3, 0.4) is 0 Å². The smallest absolute Gasteiger partial charge is 0.254 e. The molecule has 21 heavy (non-hydrogen) atoms. The monoisotopic (exact) mass is 289 g/mol. The molecule has 1 aromatic rings. The van der Waals surface area contributed by atoms with Crippen molar-refractivity contribution in [3.8, 4) is 0 Å². The van der Waals surface area contributed by atoms with Crippen LogP contribution in [0.5, 0.6) is 0 Å². The molecule has 0 spiro atoms. The summed E-state index contributed by atoms with van der Waals surface area (Å²) < 4.78 is 0. The average Bonchev–Trinajstić information content (AvgIpc) is 2.54. The first-order valence-corrected chi connectivity index (χ1v) is 8.11. The van der Waals surface area contributed by atoms with Gasteiger partial charge >= 0.3 is 0 Å². The van der Waals surface area contributed by atoms with Crippen LogP contribution in [0.15, 0.2) is 12.1 Å². The minimum Gasteiger partial charge on any atom is -0.373 e. The molecule has 0 aromatic carbocycles. The third-order valence-corrected chi connectivity index (χ3v) is 4.33. The lowest BCUT2D eigenvalue weighted by atomic mass is 9.94. The number of hydrogen-bond acceptors (Lipinski definition) is 3. The number of carbonyl (C=O) groups is 1. The Hall–Kier alpha value is -1.58. The molecule has 1 saturated carbocycles. The first-order valence-electron chi connectivity index (χ1n) is 8.11. The van der Waals surface area contributed by atoms with Crippen molar-refractivity contribution in [3.05, 3.63) is 23.4 Å². The van der Waals surface area contributed by atoms with Crippen molar-refractivity contribution < 1.29 is 4.79 Å². The molecule has 1 fully saturated rings. The van der Waals surface area contributed by atoms with Crippen LogP contribution in [0.2, 0.25) is 0 Å². The molecule has 0 saturated heterocycles. The maximum Gasteiger partial charge on any atom is 0.254 e. The summed E-state index contributed by atoms with van der Waals surface area (Å²) in [5.74, 6) is 0.902. The van der Waals surface area contributed by atoms with Crippen molar-refractivity contribution in [1.29, 1.82) is 0 Å². The summed E-state index contributed by atoms with van der Waals surface area (Å²) in [4.78, 5) is 19.2. The van der Waals surface area contributed by atoms with E-state index < -0.39 is 0 Å². The van der Waals surface area contributed by atoms with Crippen molar-refractivity contribution in [3.63, 3.8) is 0 Å². The average molecular weight is 289 g/mol. The van der Waals surface area contributed by atoms with E-state index in [1.165, 1.54) is 19.3 Å². The molecule has 1 amide bonds. The number of carbonyl (C=O) groups excluding carboxylic acids is 1. The highest BCUT2D eigenvalue weighted by Gasteiger charge is 2.23. The van der Waals surface area contributed by atoms with Gasteiger partial charge in [-0.2, -0.15) is 0 Å². The van der Waals surface area contributed by atoms with Crippen LogP contribution in [0, 0.1) is 0 Å². The fourth-order valence-corrected chi connectivity index (χ4v) is 3.06. The van der Waals surface area contributed by atoms with Crippen molar-refractivity contribution >= 4 is 11.7 Å². The second kappa shape index (κ2) is 7.43. The Kier molecular flexibility index (Phi) is 5.59. The predicted molar refractivity (Wildman–Crippen MR) is 86.7 cm³/mol. The molecule has 116 valence electrons. The first kappa shape index (κ1) is 15.8. The summed E-state index contributed by atoms with van der Waals surface area (Å²) in [6.07, 6.45) is 7.98. The van der Waals surface area contributed by atoms with Gasteiger partial charge in [-0.05, 0) is 31.4 Å². The van der Waals surface area contributed by atoms with Crippen LogP contribution in [0.1, 0.15) is 61.5 Å². The number of rotatable bonds is 5. The normalized spacial score (nSPS) is 15.8. The first-order chi connectivity index (χ1) is 10.2. The van der Waals surface area contributed by atoms with Crippen LogP contribution >= 0.6 is 0 Å². The van der Waals surface area contributed by atoms with Gasteiger partial charge in [0.05, 0.1) is 0 Å². The number of aryl methyl sites for hydroxylation is 1. The van der Waals surface area contributed by atoms with E-state index in [2.05, 4.69) is 17.2 Å². The summed E-state index contributed by atoms with van der Waals surface area (Å²) in [6, 6.07) is 4.21. The molecular weight excluding hydrogens is 262 g/mol. The van der Waals surface area contributed by atoms with Crippen molar-refractivity contribution in [2.45, 2.75) is 57.9 Å². The predicted octanol–water partition coefficient (Wildman–Crippen LogP) is 3.48. The van der Waals surface area contributed by atoms with Gasteiger partial charge in [-0.1, -0.05) is 32.6 Å². The molecule has 0 radical (unpaired) electrons. The summed E-state index contributed by atoms with van der Waals surface area (Å²) in [5, 5.41) is 3.06. The molecule has 1 aliphatic carbocycles. The molecule has 4 heteroatoms. The zero-order chi connectivity index (χ0) is 15.2. The van der Waals surface area contributed by atoms with E-state index in [-0.39, 0.29) is 5.91 Å². The molecule has 2 rings (SSSR count). The van der Waals surface area contributed by atoms with Crippen LogP contribution < -0.4 is 5.32 Å². The maximum atomic E-state index is 12.7. The summed E-state index contributed by atoms with van der Waals surface area (Å²) in [6.45, 7) is 2.13. The molecule has 4 nitrogen and oxygen atoms in total. The van der Waals surface area contributed by atoms with E-state index in [9.17, 15) is 4.79 Å². The van der Waals surface area contributed by atoms with Crippen molar-refractivity contribution in [1.82, 2.24) is 9.88 Å². The van der Waals surface area contributed by atoms with Crippen LogP contribution in [0.4, 0.5) is 5.82 Å². The molecule has 0 bridgehead atoms. The minimum atomic E-state index is 0.123. The zero-order valence-electron chi connectivity index (χ0n) is 13.5. The molecule has 0 aliphatic heterocycles. The highest BCUT2D eigenvalue weighted by Crippen LogP contribution is 2.23. The summed E-state index contributed by atoms with van der Waals surface area (Å²) in [5.41, 5.74) is 1.75. The van der Waals surface area contributed by atoms with Gasteiger partial charge in [0.15, 0.2) is 0 Å². The number of anilines is 1. The van der Waals surface area contributed by atoms with Gasteiger partial charge in [0.1, 0.15) is 5.82 Å². The van der Waals surface area contributed by atoms with E-state index >= 15 is 0 Å². The standard InChI is InChI=1S/C17H27N3O/c1-4-8-14-11-13(12-16(18-2)19-14)17(21)20(3)15-9-6-5-7-10-15/h11-12,15H,4-10H2,1-3H3,(H,18,19). The molecule has 1 aromatic heterocycles. The van der Waals surface area contributed by atoms with Gasteiger partial charge in [-0.25, -0.2) is 4.98 Å². The Morgan fingerprint density at radius 2 is 2.05 bits per heavy atom. The molecule has 0 atom stereocenters. The quantitative estimate of drug-likeness (QED) is 0.902. The van der Waals surface area contributed by atoms with E-state index in [0.29, 0.717) is 6.04 Å². The lowest BCUT2D eigenvalue weighted by Gasteiger charge is -2.31. The second-order valence-corrected chi connectivity index (χ2v) is 5.94. The van der Waals surface area contributed by atoms with E-state index in [4.69, 9.17) is 0 Å². The molecular formula is C17H27N3O. The van der Waals surface area contributed by atoms with Gasteiger partial charge in [0, 0.05) is 31.4 Å². The molecule has 1 N–H and O–H groups in total. The molecule has 0 unspecified atom stereocenters. The molecule has 1 aliphatic rings. The number of nitrogens with zero attached hydrogens (tertiary/aromatic N) is 2. The Balaban J connectivity index is 2.18. The van der Waals surface area contributed by atoms with E-state index in [1.807, 2.05) is 31.1 Å². The van der Waals surface area contributed by atoms with Gasteiger partial charge in [-0.3, -0.25) is 4.79 Å². The SMILES string of the molecule is CCCc1cc(C(=O)N(C)C2CCCCC2)cc(NC)n1. The maximum absolute atomic E-state index is 12.7. The van der Waals surface area contributed by atoms with Gasteiger partial charge in [0.2, 0.25) is 0 Å². The van der Waals surface area contributed by atoms with Gasteiger partial charge in [0.25, 0.3) is 5.91 Å². The lowest BCUT2D eigenvalue weighted by Crippen LogP contribution is -2.38. The van der Waals surface area contributed by atoms with Crippen LogP contribution in [-0.4, -0.2) is 35.9 Å². The molecule has 1 heterocycles. The lowest BCUT2D eigenvalue weighted by molar-refractivity contribution is 0.0696. The number of hydrogen-bond donors (Lipinski definition) is 1. The fraction of sp³-hybridized carbons (Fsp3) is 0.647. The third kappa shape index (κ3) is 3.96. The number of amides is 1. The van der Waals surface area contributed by atoms with Crippen molar-refractivity contribution in [2.24, 2.45) is 0 Å². The Morgan fingerprint density at radius 3 is 2.67 bits per heavy atom. The van der Waals surface area contributed by atoms with Crippen LogP contribution in [0.25, 0.3) is 0 Å². The number of pyridine rings is 1. The summed E-state index contributed by atoms with van der Waals surface area (Å²) in [7, 11) is 3.79. The Bertz CT molecular complexity index is 481. The highest BCUT2D eigenvalue weighted by molar-refractivity contribution is 5.95. The van der Waals surface area contributed by atoms with E-state index in [1.54, 1.807) is 0 Å². The highest BCUT2D eigenvalue weighted by atomic mass is 16.2. The number of nitrogens with one attached hydrogen (secondary N) is 1. The van der Waals surface area contributed by atoms with Crippen molar-refractivity contribution in [2.75, 3.05) is 19.4 Å². The minimum absolute atomic E-state index is 0.123. The number of aromatic nitrogens is 1. The third-order valence-electron chi connectivity index (χ3n) is 4.33. The summed E-state index contributed by atoms with van der Waals surface area (Å²) >= 11 is 0. The topological polar surface area (TPSA) is 45.2 Å². The fourth-order valence-electron chi connectivity index (χ4n) is 3.06. The zero-order valence-corrected chi connectivity index (χ0v) is 13.5. The van der Waals surface area contributed by atoms with E-state index in [0.717, 1.165) is 42.8 Å². The van der Waals surface area contributed by atoms with Crippen LogP contribution in [-0.2, 0) is 6.42 Å². The van der Waals surface area contributed by atoms with Gasteiger partial charge < -0.3 is 10.2 Å². The van der Waals surface area contributed by atoms with Gasteiger partial charge in [-0.15, -0.1) is 0 Å².